The Labute approximate surface area is 232 Å². The molecule has 5 nitrogen and oxygen atoms in total. The number of aromatic nitrogens is 1. The molecule has 0 radical (unpaired) electrons. The second-order valence-corrected chi connectivity index (χ2v) is 10.4. The van der Waals surface area contributed by atoms with Crippen molar-refractivity contribution in [2.45, 2.75) is 6.92 Å². The second kappa shape index (κ2) is 10.9. The number of furan rings is 1. The van der Waals surface area contributed by atoms with Crippen molar-refractivity contribution < 1.29 is 9.21 Å². The molecule has 0 saturated carbocycles. The van der Waals surface area contributed by atoms with Gasteiger partial charge in [-0.2, -0.15) is 0 Å². The molecular weight excluding hydrogens is 545 g/mol. The molecule has 0 aliphatic carbocycles. The van der Waals surface area contributed by atoms with E-state index in [-0.39, 0.29) is 11.0 Å². The lowest BCUT2D eigenvalue weighted by Gasteiger charge is -2.13. The Hall–Kier alpha value is -3.49. The summed E-state index contributed by atoms with van der Waals surface area (Å²) in [7, 11) is 0. The number of benzene rings is 3. The van der Waals surface area contributed by atoms with Crippen LogP contribution in [0.2, 0.25) is 10.0 Å². The Morgan fingerprint density at radius 1 is 1.03 bits per heavy atom. The van der Waals surface area contributed by atoms with Gasteiger partial charge in [0.25, 0.3) is 0 Å². The summed E-state index contributed by atoms with van der Waals surface area (Å²) >= 11 is 19.2. The molecule has 9 heteroatoms. The number of carbonyl (C=O) groups is 1. The summed E-state index contributed by atoms with van der Waals surface area (Å²) in [5.74, 6) is 0.678. The molecule has 0 saturated heterocycles. The average molecular weight is 565 g/mol. The van der Waals surface area contributed by atoms with Gasteiger partial charge in [-0.25, -0.2) is 4.98 Å². The molecule has 0 aliphatic rings. The molecule has 5 rings (SSSR count). The molecule has 0 fully saturated rings. The van der Waals surface area contributed by atoms with Crippen LogP contribution in [0.25, 0.3) is 38.2 Å². The van der Waals surface area contributed by atoms with E-state index in [1.807, 2.05) is 43.3 Å². The van der Waals surface area contributed by atoms with E-state index in [1.54, 1.807) is 47.7 Å². The van der Waals surface area contributed by atoms with Gasteiger partial charge in [0.05, 0.1) is 15.2 Å². The Bertz CT molecular complexity index is 1640. The van der Waals surface area contributed by atoms with E-state index in [2.05, 4.69) is 16.7 Å². The number of carbonyl (C=O) groups excluding carboxylic acids is 1. The Balaban J connectivity index is 1.23. The van der Waals surface area contributed by atoms with Crippen LogP contribution < -0.4 is 10.6 Å². The summed E-state index contributed by atoms with van der Waals surface area (Å²) < 4.78 is 6.92. The first kappa shape index (κ1) is 25.2. The summed E-state index contributed by atoms with van der Waals surface area (Å²) in [6.45, 7) is 2.00. The number of anilines is 1. The lowest BCUT2D eigenvalue weighted by molar-refractivity contribution is -0.115. The topological polar surface area (TPSA) is 67.2 Å². The van der Waals surface area contributed by atoms with E-state index in [0.717, 1.165) is 32.0 Å². The molecular formula is C28H19Cl2N3O2S2. The van der Waals surface area contributed by atoms with Gasteiger partial charge in [-0.15, -0.1) is 11.3 Å². The zero-order chi connectivity index (χ0) is 25.9. The fourth-order valence-electron chi connectivity index (χ4n) is 3.73. The van der Waals surface area contributed by atoms with E-state index in [0.29, 0.717) is 27.1 Å². The summed E-state index contributed by atoms with van der Waals surface area (Å²) in [5.41, 5.74) is 4.47. The fourth-order valence-corrected chi connectivity index (χ4v) is 5.49. The number of rotatable bonds is 5. The number of nitrogens with one attached hydrogen (secondary N) is 2. The zero-order valence-electron chi connectivity index (χ0n) is 19.4. The smallest absolute Gasteiger partial charge is 0.250 e. The van der Waals surface area contributed by atoms with Gasteiger partial charge in [-0.05, 0) is 79.3 Å². The number of nitrogens with zero attached hydrogens (tertiary/aromatic N) is 1. The molecule has 3 aromatic carbocycles. The van der Waals surface area contributed by atoms with Crippen LogP contribution in [0.3, 0.4) is 0 Å². The Morgan fingerprint density at radius 2 is 1.86 bits per heavy atom. The van der Waals surface area contributed by atoms with Crippen molar-refractivity contribution in [2.24, 2.45) is 0 Å². The van der Waals surface area contributed by atoms with Crippen molar-refractivity contribution in [1.29, 1.82) is 0 Å². The standard InChI is InChI=1S/C28H19Cl2N3O2S2/c1-16-19(27-31-23-6-2-3-8-25(23)37-27)5-4-7-22(16)32-28(36)33-26(34)14-11-18-10-13-24(35-18)20-12-9-17(29)15-21(20)30/h2-15H,1H3,(H2,32,33,34,36)/b14-11+. The zero-order valence-corrected chi connectivity index (χ0v) is 22.6. The van der Waals surface area contributed by atoms with Crippen LogP contribution in [-0.2, 0) is 4.79 Å². The third-order valence-corrected chi connectivity index (χ3v) is 7.39. The van der Waals surface area contributed by atoms with Crippen LogP contribution in [0, 0.1) is 6.92 Å². The normalized spacial score (nSPS) is 11.2. The Morgan fingerprint density at radius 3 is 2.68 bits per heavy atom. The van der Waals surface area contributed by atoms with Crippen molar-refractivity contribution in [3.63, 3.8) is 0 Å². The van der Waals surface area contributed by atoms with Crippen molar-refractivity contribution >= 4 is 79.8 Å². The highest BCUT2D eigenvalue weighted by atomic mass is 35.5. The van der Waals surface area contributed by atoms with Crippen molar-refractivity contribution in [1.82, 2.24) is 10.3 Å². The molecule has 0 atom stereocenters. The average Bonchev–Trinajstić information content (AvgIpc) is 3.51. The van der Waals surface area contributed by atoms with Gasteiger partial charge in [0.2, 0.25) is 5.91 Å². The number of fused-ring (bicyclic) bond motifs is 1. The summed E-state index contributed by atoms with van der Waals surface area (Å²) in [6.07, 6.45) is 2.91. The van der Waals surface area contributed by atoms with Crippen LogP contribution in [0.1, 0.15) is 11.3 Å². The number of thiocarbonyl (C=S) groups is 1. The predicted octanol–water partition coefficient (Wildman–Crippen LogP) is 8.36. The minimum atomic E-state index is -0.389. The molecule has 0 unspecified atom stereocenters. The van der Waals surface area contributed by atoms with Gasteiger partial charge in [-0.3, -0.25) is 10.1 Å². The van der Waals surface area contributed by atoms with Gasteiger partial charge in [0, 0.05) is 27.9 Å². The van der Waals surface area contributed by atoms with E-state index in [1.165, 1.54) is 6.08 Å². The van der Waals surface area contributed by atoms with Gasteiger partial charge >= 0.3 is 0 Å². The number of hydrogen-bond donors (Lipinski definition) is 2. The summed E-state index contributed by atoms with van der Waals surface area (Å²) in [6, 6.07) is 22.6. The fraction of sp³-hybridized carbons (Fsp3) is 0.0357. The number of thiazole rings is 1. The number of halogens is 2. The SMILES string of the molecule is Cc1c(NC(=S)NC(=O)/C=C/c2ccc(-c3ccc(Cl)cc3Cl)o2)cccc1-c1nc2ccccc2s1. The molecule has 2 heterocycles. The van der Waals surface area contributed by atoms with Gasteiger partial charge in [0.1, 0.15) is 16.5 Å². The molecule has 5 aromatic rings. The number of hydrogen-bond acceptors (Lipinski definition) is 5. The first-order chi connectivity index (χ1) is 17.9. The molecule has 1 amide bonds. The highest BCUT2D eigenvalue weighted by Crippen LogP contribution is 2.34. The minimum Gasteiger partial charge on any atom is -0.457 e. The summed E-state index contributed by atoms with van der Waals surface area (Å²) in [4.78, 5) is 17.2. The van der Waals surface area contributed by atoms with Gasteiger partial charge in [-0.1, -0.05) is 47.5 Å². The Kier molecular flexibility index (Phi) is 7.39. The van der Waals surface area contributed by atoms with Gasteiger partial charge < -0.3 is 9.73 Å². The monoisotopic (exact) mass is 563 g/mol. The quantitative estimate of drug-likeness (QED) is 0.166. The number of amides is 1. The summed E-state index contributed by atoms with van der Waals surface area (Å²) in [5, 5.41) is 7.92. The molecule has 0 spiro atoms. The molecule has 37 heavy (non-hydrogen) atoms. The third-order valence-electron chi connectivity index (χ3n) is 5.57. The maximum Gasteiger partial charge on any atom is 0.250 e. The van der Waals surface area contributed by atoms with Crippen LogP contribution >= 0.6 is 46.8 Å². The second-order valence-electron chi connectivity index (χ2n) is 8.07. The molecule has 0 bridgehead atoms. The first-order valence-corrected chi connectivity index (χ1v) is 13.2. The lowest BCUT2D eigenvalue weighted by Crippen LogP contribution is -2.33. The maximum absolute atomic E-state index is 12.4. The minimum absolute atomic E-state index is 0.187. The first-order valence-electron chi connectivity index (χ1n) is 11.2. The van der Waals surface area contributed by atoms with Gasteiger partial charge in [0.15, 0.2) is 5.11 Å². The molecule has 2 N–H and O–H groups in total. The molecule has 184 valence electrons. The highest BCUT2D eigenvalue weighted by molar-refractivity contribution is 7.80. The van der Waals surface area contributed by atoms with Crippen LogP contribution in [0.4, 0.5) is 5.69 Å². The van der Waals surface area contributed by atoms with Crippen LogP contribution in [0.15, 0.2) is 83.3 Å². The van der Waals surface area contributed by atoms with E-state index < -0.39 is 0 Å². The highest BCUT2D eigenvalue weighted by Gasteiger charge is 2.13. The molecule has 0 aliphatic heterocycles. The van der Waals surface area contributed by atoms with Crippen molar-refractivity contribution in [3.8, 4) is 21.9 Å². The predicted molar refractivity (Wildman–Crippen MR) is 157 cm³/mol. The van der Waals surface area contributed by atoms with Crippen LogP contribution in [0.5, 0.6) is 0 Å². The number of para-hydroxylation sites is 1. The lowest BCUT2D eigenvalue weighted by atomic mass is 10.1. The van der Waals surface area contributed by atoms with Crippen molar-refractivity contribution in [2.75, 3.05) is 5.32 Å². The molecule has 2 aromatic heterocycles. The maximum atomic E-state index is 12.4. The third kappa shape index (κ3) is 5.76. The van der Waals surface area contributed by atoms with E-state index in [9.17, 15) is 4.79 Å². The van der Waals surface area contributed by atoms with Crippen LogP contribution in [-0.4, -0.2) is 16.0 Å². The van der Waals surface area contributed by atoms with E-state index >= 15 is 0 Å². The van der Waals surface area contributed by atoms with Crippen molar-refractivity contribution in [3.05, 3.63) is 100 Å². The van der Waals surface area contributed by atoms with E-state index in [4.69, 9.17) is 44.8 Å². The largest absolute Gasteiger partial charge is 0.457 e.